The minimum atomic E-state index is 0.747. The summed E-state index contributed by atoms with van der Waals surface area (Å²) in [5.74, 6) is 1.58. The highest BCUT2D eigenvalue weighted by Gasteiger charge is 2.18. The normalized spacial score (nSPS) is 19.1. The van der Waals surface area contributed by atoms with E-state index in [1.165, 1.54) is 0 Å². The van der Waals surface area contributed by atoms with Gasteiger partial charge in [-0.15, -0.1) is 0 Å². The predicted molar refractivity (Wildman–Crippen MR) is 137 cm³/mol. The number of hydrogen-bond acceptors (Lipinski definition) is 8. The van der Waals surface area contributed by atoms with Gasteiger partial charge in [0.05, 0.1) is 6.33 Å². The molecule has 0 saturated carbocycles. The second-order valence-electron chi connectivity index (χ2n) is 9.59. The van der Waals surface area contributed by atoms with Crippen LogP contribution in [0.15, 0.2) is 36.7 Å². The van der Waals surface area contributed by atoms with Crippen molar-refractivity contribution in [2.75, 3.05) is 91.4 Å². The van der Waals surface area contributed by atoms with E-state index in [2.05, 4.69) is 55.7 Å². The number of nitrogens with zero attached hydrogens (tertiary/aromatic N) is 8. The van der Waals surface area contributed by atoms with Crippen LogP contribution in [0.4, 0.5) is 5.82 Å². The zero-order valence-corrected chi connectivity index (χ0v) is 20.5. The van der Waals surface area contributed by atoms with E-state index in [-0.39, 0.29) is 0 Å². The van der Waals surface area contributed by atoms with Crippen molar-refractivity contribution in [3.05, 3.63) is 36.7 Å². The van der Waals surface area contributed by atoms with E-state index in [9.17, 15) is 0 Å². The van der Waals surface area contributed by atoms with Gasteiger partial charge in [-0.2, -0.15) is 0 Å². The molecule has 0 unspecified atom stereocenters. The van der Waals surface area contributed by atoms with Gasteiger partial charge in [0.2, 0.25) is 0 Å². The maximum absolute atomic E-state index is 4.95. The van der Waals surface area contributed by atoms with Crippen LogP contribution in [0.5, 0.6) is 0 Å². The minimum Gasteiger partial charge on any atom is -0.367 e. The van der Waals surface area contributed by atoms with Crippen LogP contribution in [0, 0.1) is 0 Å². The Kier molecular flexibility index (Phi) is 7.34. The zero-order valence-electron chi connectivity index (χ0n) is 20.5. The summed E-state index contributed by atoms with van der Waals surface area (Å²) in [5, 5.41) is 3.58. The van der Waals surface area contributed by atoms with Gasteiger partial charge in [0.15, 0.2) is 17.3 Å². The van der Waals surface area contributed by atoms with Crippen molar-refractivity contribution in [3.63, 3.8) is 0 Å². The molecule has 34 heavy (non-hydrogen) atoms. The Morgan fingerprint density at radius 1 is 0.765 bits per heavy atom. The first-order valence-corrected chi connectivity index (χ1v) is 12.5. The fourth-order valence-corrected chi connectivity index (χ4v) is 4.67. The van der Waals surface area contributed by atoms with Crippen LogP contribution < -0.4 is 5.32 Å². The summed E-state index contributed by atoms with van der Waals surface area (Å²) in [4.78, 5) is 24.4. The third-order valence-electron chi connectivity index (χ3n) is 7.07. The van der Waals surface area contributed by atoms with Crippen molar-refractivity contribution in [2.24, 2.45) is 0 Å². The fraction of sp³-hybridized carbons (Fsp3) is 0.560. The van der Waals surface area contributed by atoms with Crippen LogP contribution in [-0.2, 0) is 6.54 Å². The SMILES string of the molecule is CN1CCN(CCNc2nc(-c3ccccc3)nc3c2ncn3CCN2CCN(C)CC2)CC1. The van der Waals surface area contributed by atoms with Gasteiger partial charge in [0.1, 0.15) is 5.52 Å². The minimum absolute atomic E-state index is 0.747. The number of piperazine rings is 2. The van der Waals surface area contributed by atoms with Crippen molar-refractivity contribution in [1.29, 1.82) is 0 Å². The number of rotatable bonds is 8. The Bertz CT molecular complexity index is 1050. The number of nitrogens with one attached hydrogen (secondary N) is 1. The second-order valence-corrected chi connectivity index (χ2v) is 9.59. The van der Waals surface area contributed by atoms with Crippen LogP contribution >= 0.6 is 0 Å². The highest BCUT2D eigenvalue weighted by Crippen LogP contribution is 2.24. The molecule has 0 atom stereocenters. The average Bonchev–Trinajstić information content (AvgIpc) is 3.28. The van der Waals surface area contributed by atoms with Gasteiger partial charge >= 0.3 is 0 Å². The van der Waals surface area contributed by atoms with Crippen molar-refractivity contribution in [2.45, 2.75) is 6.54 Å². The summed E-state index contributed by atoms with van der Waals surface area (Å²) < 4.78 is 2.19. The van der Waals surface area contributed by atoms with Crippen LogP contribution in [0.25, 0.3) is 22.6 Å². The van der Waals surface area contributed by atoms with Crippen molar-refractivity contribution >= 4 is 17.0 Å². The van der Waals surface area contributed by atoms with E-state index in [0.29, 0.717) is 0 Å². The molecule has 0 aliphatic carbocycles. The van der Waals surface area contributed by atoms with Gasteiger partial charge in [-0.05, 0) is 14.1 Å². The molecule has 0 bridgehead atoms. The predicted octanol–water partition coefficient (Wildman–Crippen LogP) is 1.40. The molecular weight excluding hydrogens is 426 g/mol. The first-order chi connectivity index (χ1) is 16.7. The van der Waals surface area contributed by atoms with Gasteiger partial charge in [0.25, 0.3) is 0 Å². The molecule has 4 heterocycles. The van der Waals surface area contributed by atoms with E-state index in [1.54, 1.807) is 0 Å². The molecule has 9 heteroatoms. The molecular formula is C25H37N9. The number of imidazole rings is 1. The monoisotopic (exact) mass is 463 g/mol. The lowest BCUT2D eigenvalue weighted by atomic mass is 10.2. The smallest absolute Gasteiger partial charge is 0.166 e. The molecule has 3 aromatic rings. The van der Waals surface area contributed by atoms with E-state index < -0.39 is 0 Å². The molecule has 0 spiro atoms. The number of likely N-dealkylation sites (N-methyl/N-ethyl adjacent to an activating group) is 2. The third-order valence-corrected chi connectivity index (χ3v) is 7.07. The summed E-state index contributed by atoms with van der Waals surface area (Å²) >= 11 is 0. The summed E-state index contributed by atoms with van der Waals surface area (Å²) in [6, 6.07) is 10.2. The molecule has 2 aliphatic rings. The molecule has 5 rings (SSSR count). The molecule has 2 saturated heterocycles. The lowest BCUT2D eigenvalue weighted by Gasteiger charge is -2.32. The molecule has 1 aromatic carbocycles. The third kappa shape index (κ3) is 5.55. The molecule has 2 aliphatic heterocycles. The summed E-state index contributed by atoms with van der Waals surface area (Å²) in [7, 11) is 4.39. The topological polar surface area (TPSA) is 68.6 Å². The quantitative estimate of drug-likeness (QED) is 0.538. The summed E-state index contributed by atoms with van der Waals surface area (Å²) in [5.41, 5.74) is 2.79. The standard InChI is InChI=1S/C25H37N9/c1-30-10-14-32(15-11-30)9-8-26-24-22-25(29-23(28-24)21-6-4-3-5-7-21)34(20-27-22)19-18-33-16-12-31(2)13-17-33/h3-7,20H,8-19H2,1-2H3,(H,26,28,29). The fourth-order valence-electron chi connectivity index (χ4n) is 4.67. The Morgan fingerprint density at radius 3 is 2.09 bits per heavy atom. The van der Waals surface area contributed by atoms with Crippen LogP contribution in [0.2, 0.25) is 0 Å². The second kappa shape index (κ2) is 10.8. The van der Waals surface area contributed by atoms with E-state index in [1.807, 2.05) is 24.5 Å². The van der Waals surface area contributed by atoms with Gasteiger partial charge in [-0.3, -0.25) is 9.80 Å². The summed E-state index contributed by atoms with van der Waals surface area (Å²) in [6.45, 7) is 12.7. The molecule has 2 aromatic heterocycles. The van der Waals surface area contributed by atoms with Crippen LogP contribution in [0.1, 0.15) is 0 Å². The van der Waals surface area contributed by atoms with E-state index >= 15 is 0 Å². The van der Waals surface area contributed by atoms with Crippen molar-refractivity contribution in [3.8, 4) is 11.4 Å². The molecule has 0 amide bonds. The highest BCUT2D eigenvalue weighted by molar-refractivity contribution is 5.85. The number of hydrogen-bond donors (Lipinski definition) is 1. The highest BCUT2D eigenvalue weighted by atomic mass is 15.3. The molecule has 0 radical (unpaired) electrons. The van der Waals surface area contributed by atoms with Gasteiger partial charge in [-0.25, -0.2) is 15.0 Å². The molecule has 9 nitrogen and oxygen atoms in total. The molecule has 2 fully saturated rings. The Balaban J connectivity index is 1.33. The van der Waals surface area contributed by atoms with E-state index in [4.69, 9.17) is 15.0 Å². The lowest BCUT2D eigenvalue weighted by molar-refractivity contribution is 0.150. The number of aromatic nitrogens is 4. The average molecular weight is 464 g/mol. The van der Waals surface area contributed by atoms with Gasteiger partial charge in [-0.1, -0.05) is 30.3 Å². The summed E-state index contributed by atoms with van der Waals surface area (Å²) in [6.07, 6.45) is 1.93. The maximum atomic E-state index is 4.95. The van der Waals surface area contributed by atoms with Gasteiger partial charge < -0.3 is 19.7 Å². The van der Waals surface area contributed by atoms with Crippen molar-refractivity contribution < 1.29 is 0 Å². The number of anilines is 1. The zero-order chi connectivity index (χ0) is 23.3. The molecule has 1 N–H and O–H groups in total. The van der Waals surface area contributed by atoms with Crippen molar-refractivity contribution in [1.82, 2.24) is 39.1 Å². The van der Waals surface area contributed by atoms with E-state index in [0.717, 1.165) is 107 Å². The first-order valence-electron chi connectivity index (χ1n) is 12.5. The number of fused-ring (bicyclic) bond motifs is 1. The van der Waals surface area contributed by atoms with Crippen LogP contribution in [0.3, 0.4) is 0 Å². The Labute approximate surface area is 202 Å². The maximum Gasteiger partial charge on any atom is 0.166 e. The van der Waals surface area contributed by atoms with Gasteiger partial charge in [0, 0.05) is 84.1 Å². The molecule has 182 valence electrons. The van der Waals surface area contributed by atoms with Crippen LogP contribution in [-0.4, -0.2) is 125 Å². The number of benzene rings is 1. The Morgan fingerprint density at radius 2 is 1.41 bits per heavy atom. The first kappa shape index (κ1) is 23.2. The lowest BCUT2D eigenvalue weighted by Crippen LogP contribution is -2.45. The Hall–Kier alpha value is -2.59. The largest absolute Gasteiger partial charge is 0.367 e.